The zero-order chi connectivity index (χ0) is 13.1. The first kappa shape index (κ1) is 11.7. The maximum absolute atomic E-state index is 11.9. The molecule has 1 aliphatic rings. The van der Waals surface area contributed by atoms with Crippen LogP contribution in [0.1, 0.15) is 10.4 Å². The second-order valence-corrected chi connectivity index (χ2v) is 4.63. The van der Waals surface area contributed by atoms with Crippen LogP contribution >= 0.6 is 0 Å². The molecule has 0 bridgehead atoms. The van der Waals surface area contributed by atoms with Crippen LogP contribution in [-0.4, -0.2) is 30.0 Å². The summed E-state index contributed by atoms with van der Waals surface area (Å²) in [5.41, 5.74) is 0.707. The van der Waals surface area contributed by atoms with E-state index in [4.69, 9.17) is 0 Å². The lowest BCUT2D eigenvalue weighted by molar-refractivity contribution is 0.0930. The molecular weight excluding hydrogens is 238 g/mol. The molecule has 0 atom stereocenters. The first-order valence-corrected chi connectivity index (χ1v) is 6.35. The number of nitrogens with one attached hydrogen (secondary N) is 1. The molecule has 0 spiro atoms. The van der Waals surface area contributed by atoms with E-state index < -0.39 is 0 Å². The summed E-state index contributed by atoms with van der Waals surface area (Å²) in [6.45, 7) is 1.63. The molecule has 0 unspecified atom stereocenters. The number of pyridine rings is 1. The van der Waals surface area contributed by atoms with Crippen LogP contribution in [0.4, 0.5) is 5.82 Å². The Morgan fingerprint density at radius 1 is 1.11 bits per heavy atom. The molecule has 1 amide bonds. The molecule has 1 aromatic carbocycles. The van der Waals surface area contributed by atoms with Crippen molar-refractivity contribution in [3.8, 4) is 0 Å². The SMILES string of the molecule is O=C(NC1CN(c2ccccn2)C1)c1ccccc1. The van der Waals surface area contributed by atoms with Gasteiger partial charge in [0.1, 0.15) is 5.82 Å². The number of benzene rings is 1. The minimum absolute atomic E-state index is 0.00808. The van der Waals surface area contributed by atoms with E-state index in [0.717, 1.165) is 18.9 Å². The van der Waals surface area contributed by atoms with Crippen molar-refractivity contribution in [1.29, 1.82) is 0 Å². The molecule has 1 saturated heterocycles. The highest BCUT2D eigenvalue weighted by molar-refractivity contribution is 5.94. The first-order valence-electron chi connectivity index (χ1n) is 6.35. The van der Waals surface area contributed by atoms with Gasteiger partial charge < -0.3 is 10.2 Å². The molecule has 2 heterocycles. The number of nitrogens with zero attached hydrogens (tertiary/aromatic N) is 2. The van der Waals surface area contributed by atoms with Crippen LogP contribution in [0.25, 0.3) is 0 Å². The topological polar surface area (TPSA) is 45.2 Å². The lowest BCUT2D eigenvalue weighted by atomic mass is 10.1. The highest BCUT2D eigenvalue weighted by atomic mass is 16.1. The van der Waals surface area contributed by atoms with Gasteiger partial charge in [-0.2, -0.15) is 0 Å². The third-order valence-electron chi connectivity index (χ3n) is 3.23. The number of aromatic nitrogens is 1. The Morgan fingerprint density at radius 3 is 2.53 bits per heavy atom. The molecule has 0 aliphatic carbocycles. The fourth-order valence-electron chi connectivity index (χ4n) is 2.16. The Balaban J connectivity index is 1.54. The molecule has 3 rings (SSSR count). The van der Waals surface area contributed by atoms with Crippen molar-refractivity contribution >= 4 is 11.7 Å². The lowest BCUT2D eigenvalue weighted by Gasteiger charge is -2.40. The van der Waals surface area contributed by atoms with Crippen LogP contribution in [0.15, 0.2) is 54.7 Å². The third-order valence-corrected chi connectivity index (χ3v) is 3.23. The number of hydrogen-bond donors (Lipinski definition) is 1. The van der Waals surface area contributed by atoms with Crippen molar-refractivity contribution in [2.45, 2.75) is 6.04 Å². The smallest absolute Gasteiger partial charge is 0.251 e. The number of hydrogen-bond acceptors (Lipinski definition) is 3. The zero-order valence-corrected chi connectivity index (χ0v) is 10.5. The predicted molar refractivity (Wildman–Crippen MR) is 74.1 cm³/mol. The van der Waals surface area contributed by atoms with E-state index in [0.29, 0.717) is 5.56 Å². The highest BCUT2D eigenvalue weighted by Crippen LogP contribution is 2.17. The molecule has 0 radical (unpaired) electrons. The molecule has 1 aromatic heterocycles. The van der Waals surface area contributed by atoms with Crippen LogP contribution in [0.2, 0.25) is 0 Å². The summed E-state index contributed by atoms with van der Waals surface area (Å²) < 4.78 is 0. The summed E-state index contributed by atoms with van der Waals surface area (Å²) >= 11 is 0. The van der Waals surface area contributed by atoms with E-state index in [-0.39, 0.29) is 11.9 Å². The molecule has 1 N–H and O–H groups in total. The molecule has 1 fully saturated rings. The van der Waals surface area contributed by atoms with Crippen LogP contribution < -0.4 is 10.2 Å². The summed E-state index contributed by atoms with van der Waals surface area (Å²) in [6.07, 6.45) is 1.78. The van der Waals surface area contributed by atoms with Crippen molar-refractivity contribution in [3.63, 3.8) is 0 Å². The largest absolute Gasteiger partial charge is 0.352 e. The number of amides is 1. The van der Waals surface area contributed by atoms with Gasteiger partial charge in [-0.3, -0.25) is 4.79 Å². The lowest BCUT2D eigenvalue weighted by Crippen LogP contribution is -2.59. The minimum Gasteiger partial charge on any atom is -0.352 e. The molecular formula is C15H15N3O. The Kier molecular flexibility index (Phi) is 3.14. The molecule has 1 aliphatic heterocycles. The van der Waals surface area contributed by atoms with Gasteiger partial charge >= 0.3 is 0 Å². The third kappa shape index (κ3) is 2.57. The standard InChI is InChI=1S/C15H15N3O/c19-15(12-6-2-1-3-7-12)17-13-10-18(11-13)14-8-4-5-9-16-14/h1-9,13H,10-11H2,(H,17,19). The second-order valence-electron chi connectivity index (χ2n) is 4.63. The number of rotatable bonds is 3. The van der Waals surface area contributed by atoms with Crippen molar-refractivity contribution in [2.24, 2.45) is 0 Å². The van der Waals surface area contributed by atoms with Gasteiger partial charge in [0, 0.05) is 24.8 Å². The van der Waals surface area contributed by atoms with Crippen molar-refractivity contribution in [1.82, 2.24) is 10.3 Å². The van der Waals surface area contributed by atoms with Gasteiger partial charge in [-0.25, -0.2) is 4.98 Å². The Bertz CT molecular complexity index is 550. The van der Waals surface area contributed by atoms with Gasteiger partial charge in [0.05, 0.1) is 6.04 Å². The monoisotopic (exact) mass is 253 g/mol. The van der Waals surface area contributed by atoms with Crippen LogP contribution in [0.5, 0.6) is 0 Å². The average Bonchev–Trinajstić information content (AvgIpc) is 2.44. The Labute approximate surface area is 112 Å². The van der Waals surface area contributed by atoms with Gasteiger partial charge in [0.15, 0.2) is 0 Å². The summed E-state index contributed by atoms with van der Waals surface area (Å²) in [4.78, 5) is 18.4. The second kappa shape index (κ2) is 5.10. The zero-order valence-electron chi connectivity index (χ0n) is 10.5. The van der Waals surface area contributed by atoms with Gasteiger partial charge in [0.2, 0.25) is 0 Å². The van der Waals surface area contributed by atoms with E-state index >= 15 is 0 Å². The van der Waals surface area contributed by atoms with E-state index in [1.54, 1.807) is 6.20 Å². The highest BCUT2D eigenvalue weighted by Gasteiger charge is 2.28. The van der Waals surface area contributed by atoms with Crippen molar-refractivity contribution < 1.29 is 4.79 Å². The quantitative estimate of drug-likeness (QED) is 0.905. The Morgan fingerprint density at radius 2 is 1.84 bits per heavy atom. The minimum atomic E-state index is -0.00808. The molecule has 19 heavy (non-hydrogen) atoms. The molecule has 2 aromatic rings. The average molecular weight is 253 g/mol. The van der Waals surface area contributed by atoms with Crippen LogP contribution in [0, 0.1) is 0 Å². The first-order chi connectivity index (χ1) is 9.33. The van der Waals surface area contributed by atoms with Crippen LogP contribution in [-0.2, 0) is 0 Å². The molecule has 96 valence electrons. The van der Waals surface area contributed by atoms with Gasteiger partial charge in [-0.05, 0) is 24.3 Å². The summed E-state index contributed by atoms with van der Waals surface area (Å²) in [6, 6.07) is 15.4. The molecule has 0 saturated carbocycles. The molecule has 4 heteroatoms. The van der Waals surface area contributed by atoms with E-state index in [1.807, 2.05) is 48.5 Å². The number of anilines is 1. The maximum atomic E-state index is 11.9. The number of carbonyl (C=O) groups excluding carboxylic acids is 1. The maximum Gasteiger partial charge on any atom is 0.251 e. The van der Waals surface area contributed by atoms with E-state index in [1.165, 1.54) is 0 Å². The normalized spacial score (nSPS) is 14.8. The summed E-state index contributed by atoms with van der Waals surface area (Å²) in [7, 11) is 0. The van der Waals surface area contributed by atoms with E-state index in [9.17, 15) is 4.79 Å². The van der Waals surface area contributed by atoms with Gasteiger partial charge in [-0.1, -0.05) is 24.3 Å². The fourth-order valence-corrected chi connectivity index (χ4v) is 2.16. The van der Waals surface area contributed by atoms with Gasteiger partial charge in [-0.15, -0.1) is 0 Å². The van der Waals surface area contributed by atoms with Gasteiger partial charge in [0.25, 0.3) is 5.91 Å². The summed E-state index contributed by atoms with van der Waals surface area (Å²) in [5.74, 6) is 0.957. The van der Waals surface area contributed by atoms with Crippen molar-refractivity contribution in [3.05, 3.63) is 60.3 Å². The van der Waals surface area contributed by atoms with Crippen molar-refractivity contribution in [2.75, 3.05) is 18.0 Å². The molecule has 4 nitrogen and oxygen atoms in total. The Hall–Kier alpha value is -2.36. The fraction of sp³-hybridized carbons (Fsp3) is 0.200. The number of carbonyl (C=O) groups is 1. The van der Waals surface area contributed by atoms with Crippen LogP contribution in [0.3, 0.4) is 0 Å². The van der Waals surface area contributed by atoms with E-state index in [2.05, 4.69) is 15.2 Å². The predicted octanol–water partition coefficient (Wildman–Crippen LogP) is 1.70. The summed E-state index contributed by atoms with van der Waals surface area (Å²) in [5, 5.41) is 3.02.